The first kappa shape index (κ1) is 16.7. The highest BCUT2D eigenvalue weighted by Crippen LogP contribution is 2.25. The molecule has 0 atom stereocenters. The highest BCUT2D eigenvalue weighted by molar-refractivity contribution is 7.98. The number of benzene rings is 1. The van der Waals surface area contributed by atoms with Crippen molar-refractivity contribution in [2.75, 3.05) is 24.3 Å². The Morgan fingerprint density at radius 3 is 2.70 bits per heavy atom. The third kappa shape index (κ3) is 4.66. The van der Waals surface area contributed by atoms with Gasteiger partial charge in [0.1, 0.15) is 0 Å². The Morgan fingerprint density at radius 2 is 2.10 bits per heavy atom. The molecule has 0 bridgehead atoms. The maximum atomic E-state index is 12.0. The van der Waals surface area contributed by atoms with Crippen molar-refractivity contribution >= 4 is 33.2 Å². The number of nitro benzene ring substituents is 1. The monoisotopic (exact) mass is 319 g/mol. The molecule has 9 heteroatoms. The number of nitrogens with two attached hydrogens (primary N) is 1. The maximum absolute atomic E-state index is 12.0. The molecule has 0 radical (unpaired) electrons. The normalized spacial score (nSPS) is 11.4. The highest BCUT2D eigenvalue weighted by atomic mass is 32.2. The summed E-state index contributed by atoms with van der Waals surface area (Å²) in [6.07, 6.45) is 3.54. The van der Waals surface area contributed by atoms with Gasteiger partial charge in [-0.15, -0.1) is 0 Å². The molecule has 0 aliphatic carbocycles. The van der Waals surface area contributed by atoms with Gasteiger partial charge in [0.25, 0.3) is 5.69 Å². The van der Waals surface area contributed by atoms with Gasteiger partial charge >= 0.3 is 0 Å². The largest absolute Gasteiger partial charge is 0.399 e. The molecule has 7 nitrogen and oxygen atoms in total. The van der Waals surface area contributed by atoms with Gasteiger partial charge in [0.2, 0.25) is 10.0 Å². The summed E-state index contributed by atoms with van der Waals surface area (Å²) in [7, 11) is -3.89. The van der Waals surface area contributed by atoms with E-state index in [9.17, 15) is 18.5 Å². The summed E-state index contributed by atoms with van der Waals surface area (Å²) in [4.78, 5) is 9.78. The van der Waals surface area contributed by atoms with Gasteiger partial charge in [-0.1, -0.05) is 0 Å². The lowest BCUT2D eigenvalue weighted by molar-refractivity contribution is -0.387. The van der Waals surface area contributed by atoms with E-state index in [0.29, 0.717) is 6.42 Å². The van der Waals surface area contributed by atoms with E-state index in [1.165, 1.54) is 6.07 Å². The van der Waals surface area contributed by atoms with E-state index in [-0.39, 0.29) is 17.1 Å². The molecule has 3 N–H and O–H groups in total. The summed E-state index contributed by atoms with van der Waals surface area (Å²) in [6, 6.07) is 3.52. The predicted molar refractivity (Wildman–Crippen MR) is 80.3 cm³/mol. The molecule has 0 aliphatic rings. The van der Waals surface area contributed by atoms with Crippen LogP contribution < -0.4 is 10.5 Å². The molecular weight excluding hydrogens is 302 g/mol. The first-order valence-corrected chi connectivity index (χ1v) is 8.78. The van der Waals surface area contributed by atoms with Crippen LogP contribution in [0.2, 0.25) is 0 Å². The lowest BCUT2D eigenvalue weighted by atomic mass is 10.3. The first-order valence-electron chi connectivity index (χ1n) is 5.91. The number of hydrogen-bond acceptors (Lipinski definition) is 6. The van der Waals surface area contributed by atoms with Gasteiger partial charge < -0.3 is 5.73 Å². The molecule has 0 aromatic heterocycles. The van der Waals surface area contributed by atoms with Crippen LogP contribution in [0, 0.1) is 10.1 Å². The van der Waals surface area contributed by atoms with Crippen molar-refractivity contribution < 1.29 is 13.3 Å². The number of hydrogen-bond donors (Lipinski definition) is 2. The van der Waals surface area contributed by atoms with Gasteiger partial charge in [-0.2, -0.15) is 11.8 Å². The van der Waals surface area contributed by atoms with Crippen molar-refractivity contribution in [2.24, 2.45) is 0 Å². The van der Waals surface area contributed by atoms with Gasteiger partial charge in [0.05, 0.1) is 4.92 Å². The second-order valence-electron chi connectivity index (χ2n) is 4.08. The average Bonchev–Trinajstić information content (AvgIpc) is 2.38. The summed E-state index contributed by atoms with van der Waals surface area (Å²) in [5.41, 5.74) is 5.08. The quantitative estimate of drug-likeness (QED) is 0.325. The molecule has 0 fully saturated rings. The van der Waals surface area contributed by atoms with E-state index in [1.54, 1.807) is 11.8 Å². The van der Waals surface area contributed by atoms with E-state index in [4.69, 9.17) is 5.73 Å². The van der Waals surface area contributed by atoms with Crippen molar-refractivity contribution in [1.29, 1.82) is 0 Å². The third-order valence-corrected chi connectivity index (χ3v) is 4.74. The average molecular weight is 319 g/mol. The van der Waals surface area contributed by atoms with Crippen LogP contribution in [0.25, 0.3) is 0 Å². The fourth-order valence-electron chi connectivity index (χ4n) is 1.56. The second kappa shape index (κ2) is 7.46. The van der Waals surface area contributed by atoms with Crippen molar-refractivity contribution in [2.45, 2.75) is 17.7 Å². The molecule has 0 saturated carbocycles. The van der Waals surface area contributed by atoms with Crippen LogP contribution in [0.4, 0.5) is 11.4 Å². The van der Waals surface area contributed by atoms with E-state index in [1.807, 2.05) is 6.26 Å². The summed E-state index contributed by atoms with van der Waals surface area (Å²) < 4.78 is 26.4. The van der Waals surface area contributed by atoms with Crippen LogP contribution >= 0.6 is 11.8 Å². The molecule has 1 aromatic carbocycles. The number of thioether (sulfide) groups is 1. The third-order valence-electron chi connectivity index (χ3n) is 2.54. The van der Waals surface area contributed by atoms with Gasteiger partial charge in [-0.25, -0.2) is 13.1 Å². The van der Waals surface area contributed by atoms with Crippen LogP contribution in [0.1, 0.15) is 12.8 Å². The van der Waals surface area contributed by atoms with Crippen LogP contribution in [0.15, 0.2) is 23.1 Å². The predicted octanol–water partition coefficient (Wildman–Crippen LogP) is 1.60. The maximum Gasteiger partial charge on any atom is 0.291 e. The molecule has 1 rings (SSSR count). The van der Waals surface area contributed by atoms with Crippen molar-refractivity contribution in [3.05, 3.63) is 28.3 Å². The number of nitrogen functional groups attached to an aromatic ring is 1. The van der Waals surface area contributed by atoms with E-state index in [0.717, 1.165) is 24.3 Å². The SMILES string of the molecule is CSCCCCNS(=O)(=O)c1ccc(N)cc1[N+](=O)[O-]. The van der Waals surface area contributed by atoms with E-state index in [2.05, 4.69) is 4.72 Å². The van der Waals surface area contributed by atoms with Crippen molar-refractivity contribution in [1.82, 2.24) is 4.72 Å². The van der Waals surface area contributed by atoms with Crippen LogP contribution in [0.3, 0.4) is 0 Å². The molecule has 0 amide bonds. The first-order chi connectivity index (χ1) is 9.38. The highest BCUT2D eigenvalue weighted by Gasteiger charge is 2.25. The molecule has 0 unspecified atom stereocenters. The smallest absolute Gasteiger partial charge is 0.291 e. The van der Waals surface area contributed by atoms with Crippen LogP contribution in [0.5, 0.6) is 0 Å². The summed E-state index contributed by atoms with van der Waals surface area (Å²) >= 11 is 1.68. The van der Waals surface area contributed by atoms with Crippen LogP contribution in [-0.4, -0.2) is 31.9 Å². The number of nitro groups is 1. The number of rotatable bonds is 8. The van der Waals surface area contributed by atoms with E-state index >= 15 is 0 Å². The van der Waals surface area contributed by atoms with Crippen molar-refractivity contribution in [3.63, 3.8) is 0 Å². The Morgan fingerprint density at radius 1 is 1.40 bits per heavy atom. The van der Waals surface area contributed by atoms with E-state index < -0.39 is 20.6 Å². The summed E-state index contributed by atoms with van der Waals surface area (Å²) in [5, 5.41) is 10.9. The zero-order valence-corrected chi connectivity index (χ0v) is 12.7. The molecule has 0 aliphatic heterocycles. The number of nitrogens with zero attached hydrogens (tertiary/aromatic N) is 1. The second-order valence-corrected chi connectivity index (χ2v) is 6.80. The standard InChI is InChI=1S/C11H17N3O4S2/c1-19-7-3-2-6-13-20(17,18)11-5-4-9(12)8-10(11)14(15)16/h4-5,8,13H,2-3,6-7,12H2,1H3. The Hall–Kier alpha value is -1.32. The molecule has 0 saturated heterocycles. The lowest BCUT2D eigenvalue weighted by Gasteiger charge is -2.07. The van der Waals surface area contributed by atoms with Crippen molar-refractivity contribution in [3.8, 4) is 0 Å². The minimum absolute atomic E-state index is 0.149. The topological polar surface area (TPSA) is 115 Å². The Bertz CT molecular complexity index is 575. The van der Waals surface area contributed by atoms with Crippen LogP contribution in [-0.2, 0) is 10.0 Å². The number of nitrogens with one attached hydrogen (secondary N) is 1. The Kier molecular flexibility index (Phi) is 6.24. The number of sulfonamides is 1. The van der Waals surface area contributed by atoms with Gasteiger partial charge in [-0.3, -0.25) is 10.1 Å². The number of anilines is 1. The lowest BCUT2D eigenvalue weighted by Crippen LogP contribution is -2.25. The molecule has 20 heavy (non-hydrogen) atoms. The zero-order valence-electron chi connectivity index (χ0n) is 11.0. The minimum atomic E-state index is -3.89. The van der Waals surface area contributed by atoms with Gasteiger partial charge in [-0.05, 0) is 37.0 Å². The molecule has 1 aromatic rings. The zero-order chi connectivity index (χ0) is 15.2. The summed E-state index contributed by atoms with van der Waals surface area (Å²) in [5.74, 6) is 0.948. The molecule has 0 spiro atoms. The van der Waals surface area contributed by atoms with Gasteiger partial charge in [0, 0.05) is 18.3 Å². The number of unbranched alkanes of at least 4 members (excludes halogenated alkanes) is 1. The Labute approximate surface area is 122 Å². The molecule has 112 valence electrons. The Balaban J connectivity index is 2.84. The fraction of sp³-hybridized carbons (Fsp3) is 0.455. The minimum Gasteiger partial charge on any atom is -0.399 e. The molecular formula is C11H17N3O4S2. The molecule has 0 heterocycles. The van der Waals surface area contributed by atoms with Gasteiger partial charge in [0.15, 0.2) is 4.90 Å². The summed E-state index contributed by atoms with van der Waals surface area (Å²) in [6.45, 7) is 0.254. The fourth-order valence-corrected chi connectivity index (χ4v) is 3.28.